The average molecular weight is 354 g/mol. The molecule has 2 aromatic rings. The monoisotopic (exact) mass is 354 g/mol. The van der Waals surface area contributed by atoms with E-state index in [0.29, 0.717) is 19.6 Å². The lowest BCUT2D eigenvalue weighted by Gasteiger charge is -2.33. The summed E-state index contributed by atoms with van der Waals surface area (Å²) < 4.78 is 40.5. The molecule has 1 aliphatic rings. The zero-order valence-corrected chi connectivity index (χ0v) is 14.0. The largest absolute Gasteiger partial charge is 0.478 e. The van der Waals surface area contributed by atoms with Crippen molar-refractivity contribution >= 4 is 16.9 Å². The highest BCUT2D eigenvalue weighted by Crippen LogP contribution is 2.34. The average Bonchev–Trinajstić information content (AvgIpc) is 2.90. The molecule has 25 heavy (non-hydrogen) atoms. The molecule has 1 saturated heterocycles. The predicted octanol–water partition coefficient (Wildman–Crippen LogP) is 4.13. The molecule has 0 radical (unpaired) electrons. The van der Waals surface area contributed by atoms with E-state index in [9.17, 15) is 18.0 Å². The van der Waals surface area contributed by atoms with E-state index in [-0.39, 0.29) is 18.4 Å². The number of carboxylic acid groups (broad SMARTS) is 1. The number of fused-ring (bicyclic) bond motifs is 1. The lowest BCUT2D eigenvalue weighted by molar-refractivity contribution is -0.185. The van der Waals surface area contributed by atoms with Crippen molar-refractivity contribution < 1.29 is 23.1 Å². The van der Waals surface area contributed by atoms with Crippen LogP contribution >= 0.6 is 0 Å². The van der Waals surface area contributed by atoms with Crippen LogP contribution in [-0.2, 0) is 13.1 Å². The maximum absolute atomic E-state index is 12.8. The van der Waals surface area contributed by atoms with Gasteiger partial charge in [0.05, 0.1) is 11.5 Å². The lowest BCUT2D eigenvalue weighted by Crippen LogP contribution is -2.38. The lowest BCUT2D eigenvalue weighted by atomic mass is 9.96. The fourth-order valence-corrected chi connectivity index (χ4v) is 3.61. The van der Waals surface area contributed by atoms with Gasteiger partial charge in [-0.25, -0.2) is 4.79 Å². The predicted molar refractivity (Wildman–Crippen MR) is 88.6 cm³/mol. The van der Waals surface area contributed by atoms with Crippen LogP contribution in [0.1, 0.15) is 35.8 Å². The molecule has 7 heteroatoms. The van der Waals surface area contributed by atoms with Gasteiger partial charge in [0.1, 0.15) is 0 Å². The number of piperidine rings is 1. The Hall–Kier alpha value is -2.02. The van der Waals surface area contributed by atoms with Gasteiger partial charge in [0.15, 0.2) is 0 Å². The van der Waals surface area contributed by atoms with E-state index < -0.39 is 18.1 Å². The Labute approximate surface area is 143 Å². The van der Waals surface area contributed by atoms with E-state index in [1.54, 1.807) is 18.2 Å². The highest BCUT2D eigenvalue weighted by Gasteiger charge is 2.41. The van der Waals surface area contributed by atoms with Gasteiger partial charge in [0, 0.05) is 29.7 Å². The van der Waals surface area contributed by atoms with Crippen molar-refractivity contribution in [2.75, 3.05) is 13.1 Å². The number of benzene rings is 1. The molecule has 3 rings (SSSR count). The second kappa shape index (κ2) is 6.71. The van der Waals surface area contributed by atoms with Gasteiger partial charge in [-0.2, -0.15) is 13.2 Å². The Bertz CT molecular complexity index is 774. The molecule has 0 spiro atoms. The third-order valence-corrected chi connectivity index (χ3v) is 4.99. The molecular weight excluding hydrogens is 333 g/mol. The number of halogens is 3. The Morgan fingerprint density at radius 2 is 1.92 bits per heavy atom. The summed E-state index contributed by atoms with van der Waals surface area (Å²) in [5.74, 6) is -2.17. The molecule has 1 N–H and O–H groups in total. The van der Waals surface area contributed by atoms with Crippen LogP contribution in [-0.4, -0.2) is 39.8 Å². The molecule has 2 heterocycles. The van der Waals surface area contributed by atoms with Crippen LogP contribution < -0.4 is 0 Å². The number of likely N-dealkylation sites (tertiary alicyclic amines) is 1. The molecule has 0 unspecified atom stereocenters. The van der Waals surface area contributed by atoms with Crippen molar-refractivity contribution in [3.63, 3.8) is 0 Å². The molecule has 0 amide bonds. The van der Waals surface area contributed by atoms with Gasteiger partial charge in [-0.3, -0.25) is 4.90 Å². The first-order valence-electron chi connectivity index (χ1n) is 8.44. The molecule has 1 aromatic heterocycles. The molecule has 4 nitrogen and oxygen atoms in total. The van der Waals surface area contributed by atoms with Crippen LogP contribution in [0.25, 0.3) is 10.9 Å². The zero-order valence-electron chi connectivity index (χ0n) is 14.0. The second-order valence-corrected chi connectivity index (χ2v) is 6.55. The van der Waals surface area contributed by atoms with Gasteiger partial charge in [-0.05, 0) is 57.1 Å². The number of nitrogens with zero attached hydrogens (tertiary/aromatic N) is 2. The normalized spacial score (nSPS) is 17.3. The van der Waals surface area contributed by atoms with Gasteiger partial charge < -0.3 is 9.67 Å². The van der Waals surface area contributed by atoms with Crippen molar-refractivity contribution in [1.82, 2.24) is 9.47 Å². The zero-order chi connectivity index (χ0) is 18.2. The fourth-order valence-electron chi connectivity index (χ4n) is 3.61. The van der Waals surface area contributed by atoms with E-state index in [1.165, 1.54) is 0 Å². The number of aryl methyl sites for hydroxylation is 1. The molecule has 0 saturated carbocycles. The van der Waals surface area contributed by atoms with Crippen molar-refractivity contribution in [3.8, 4) is 0 Å². The molecule has 1 aliphatic heterocycles. The minimum Gasteiger partial charge on any atom is -0.478 e. The van der Waals surface area contributed by atoms with Crippen molar-refractivity contribution in [2.24, 2.45) is 5.92 Å². The van der Waals surface area contributed by atoms with E-state index in [2.05, 4.69) is 4.57 Å². The summed E-state index contributed by atoms with van der Waals surface area (Å²) in [5.41, 5.74) is 2.19. The first-order valence-corrected chi connectivity index (χ1v) is 8.44. The Morgan fingerprint density at radius 3 is 2.48 bits per heavy atom. The topological polar surface area (TPSA) is 45.5 Å². The summed E-state index contributed by atoms with van der Waals surface area (Å²) in [4.78, 5) is 13.2. The van der Waals surface area contributed by atoms with Crippen molar-refractivity contribution in [3.05, 3.63) is 35.5 Å². The molecular formula is C18H21F3N2O2. The Morgan fingerprint density at radius 1 is 1.24 bits per heavy atom. The van der Waals surface area contributed by atoms with Gasteiger partial charge in [-0.15, -0.1) is 0 Å². The highest BCUT2D eigenvalue weighted by molar-refractivity contribution is 5.94. The van der Waals surface area contributed by atoms with E-state index in [1.807, 2.05) is 17.9 Å². The van der Waals surface area contributed by atoms with Crippen LogP contribution in [0.4, 0.5) is 13.2 Å². The summed E-state index contributed by atoms with van der Waals surface area (Å²) in [6, 6.07) is 6.96. The minimum absolute atomic E-state index is 0.138. The summed E-state index contributed by atoms with van der Waals surface area (Å²) in [7, 11) is 0. The molecule has 0 atom stereocenters. The number of carboxylic acids is 1. The third-order valence-electron chi connectivity index (χ3n) is 4.99. The van der Waals surface area contributed by atoms with Crippen LogP contribution in [0.3, 0.4) is 0 Å². The molecule has 1 aromatic carbocycles. The smallest absolute Gasteiger partial charge is 0.391 e. The molecule has 1 fully saturated rings. The number of hydrogen-bond donors (Lipinski definition) is 1. The third kappa shape index (κ3) is 3.66. The number of alkyl halides is 3. The maximum atomic E-state index is 12.8. The Balaban J connectivity index is 1.78. The second-order valence-electron chi connectivity index (χ2n) is 6.55. The SMILES string of the molecule is CCn1c(CN2CCC(C(F)(F)F)CC2)cc2cc(C(=O)O)ccc21. The quantitative estimate of drug-likeness (QED) is 0.898. The van der Waals surface area contributed by atoms with Crippen LogP contribution in [0, 0.1) is 5.92 Å². The van der Waals surface area contributed by atoms with Crippen LogP contribution in [0.5, 0.6) is 0 Å². The van der Waals surface area contributed by atoms with Crippen molar-refractivity contribution in [1.29, 1.82) is 0 Å². The van der Waals surface area contributed by atoms with Crippen LogP contribution in [0.2, 0.25) is 0 Å². The molecule has 0 bridgehead atoms. The van der Waals surface area contributed by atoms with E-state index in [0.717, 1.165) is 23.1 Å². The highest BCUT2D eigenvalue weighted by atomic mass is 19.4. The van der Waals surface area contributed by atoms with Gasteiger partial charge in [-0.1, -0.05) is 0 Å². The number of aromatic nitrogens is 1. The van der Waals surface area contributed by atoms with Gasteiger partial charge in [0.25, 0.3) is 0 Å². The fraction of sp³-hybridized carbons (Fsp3) is 0.500. The first kappa shape index (κ1) is 17.8. The van der Waals surface area contributed by atoms with Gasteiger partial charge in [0.2, 0.25) is 0 Å². The summed E-state index contributed by atoms with van der Waals surface area (Å²) in [5, 5.41) is 9.97. The Kier molecular flexibility index (Phi) is 4.77. The summed E-state index contributed by atoms with van der Waals surface area (Å²) in [6.07, 6.45) is -3.82. The number of carbonyl (C=O) groups is 1. The summed E-state index contributed by atoms with van der Waals surface area (Å²) >= 11 is 0. The standard InChI is InChI=1S/C18H21F3N2O2/c1-2-23-15(10-13-9-12(17(24)25)3-4-16(13)23)11-22-7-5-14(6-8-22)18(19,20)21/h3-4,9-10,14H,2,5-8,11H2,1H3,(H,24,25). The van der Waals surface area contributed by atoms with E-state index in [4.69, 9.17) is 5.11 Å². The van der Waals surface area contributed by atoms with Crippen LogP contribution in [0.15, 0.2) is 24.3 Å². The van der Waals surface area contributed by atoms with Gasteiger partial charge >= 0.3 is 12.1 Å². The maximum Gasteiger partial charge on any atom is 0.391 e. The number of rotatable bonds is 4. The number of hydrogen-bond acceptors (Lipinski definition) is 2. The molecule has 0 aliphatic carbocycles. The summed E-state index contributed by atoms with van der Waals surface area (Å²) in [6.45, 7) is 4.16. The minimum atomic E-state index is -4.10. The van der Waals surface area contributed by atoms with Crippen molar-refractivity contribution in [2.45, 2.75) is 39.0 Å². The number of aromatic carboxylic acids is 1. The first-order chi connectivity index (χ1) is 11.8. The van der Waals surface area contributed by atoms with E-state index >= 15 is 0 Å². The molecule has 136 valence electrons.